The van der Waals surface area contributed by atoms with Gasteiger partial charge in [0.15, 0.2) is 6.61 Å². The quantitative estimate of drug-likeness (QED) is 0.293. The number of nitrogens with two attached hydrogens (primary N) is 1. The van der Waals surface area contributed by atoms with Crippen LogP contribution >= 0.6 is 0 Å². The predicted octanol–water partition coefficient (Wildman–Crippen LogP) is 0.854. The van der Waals surface area contributed by atoms with Crippen LogP contribution in [-0.4, -0.2) is 60.9 Å². The maximum Gasteiger partial charge on any atom is 0.344 e. The van der Waals surface area contributed by atoms with Crippen molar-refractivity contribution in [2.24, 2.45) is 0 Å². The number of quaternary nitrogens is 1. The van der Waals surface area contributed by atoms with E-state index in [1.165, 1.54) is 0 Å². The van der Waals surface area contributed by atoms with Gasteiger partial charge >= 0.3 is 5.97 Å². The van der Waals surface area contributed by atoms with E-state index in [1.54, 1.807) is 26.8 Å². The number of carbonyl (C=O) groups is 2. The predicted molar refractivity (Wildman–Crippen MR) is 133 cm³/mol. The van der Waals surface area contributed by atoms with Crippen LogP contribution in [0.2, 0.25) is 0 Å². The van der Waals surface area contributed by atoms with E-state index in [0.717, 1.165) is 35.6 Å². The number of anilines is 1. The number of carbonyl (C=O) groups excluding carboxylic acids is 2. The molecule has 0 saturated carbocycles. The zero-order valence-corrected chi connectivity index (χ0v) is 21.7. The zero-order chi connectivity index (χ0) is 26.9. The van der Waals surface area contributed by atoms with Crippen molar-refractivity contribution < 1.29 is 28.7 Å². The second-order valence-corrected chi connectivity index (χ2v) is 10.6. The van der Waals surface area contributed by atoms with Crippen molar-refractivity contribution in [2.45, 2.75) is 53.2 Å². The lowest BCUT2D eigenvalue weighted by Crippen LogP contribution is -2.35. The molecule has 35 heavy (non-hydrogen) atoms. The molecule has 0 aliphatic heterocycles. The van der Waals surface area contributed by atoms with E-state index in [0.29, 0.717) is 23.0 Å². The number of aromatic nitrogens is 1. The van der Waals surface area contributed by atoms with Crippen LogP contribution in [0.5, 0.6) is 5.75 Å². The minimum Gasteiger partial charge on any atom is -0.550 e. The largest absolute Gasteiger partial charge is 0.550 e. The fourth-order valence-electron chi connectivity index (χ4n) is 3.84. The molecule has 10 nitrogen and oxygen atoms in total. The molecule has 0 saturated heterocycles. The number of nitrogens with zero attached hydrogens (tertiary/aromatic N) is 2. The number of ether oxygens (including phenoxy) is 2. The molecular weight excluding hydrogens is 454 g/mol. The van der Waals surface area contributed by atoms with Crippen molar-refractivity contribution in [2.75, 3.05) is 40.0 Å². The Morgan fingerprint density at radius 2 is 1.69 bits per heavy atom. The second kappa shape index (κ2) is 10.1. The first-order valence-corrected chi connectivity index (χ1v) is 11.3. The average Bonchev–Trinajstić information content (AvgIpc) is 2.93. The molecule has 2 aromatic carbocycles. The number of esters is 1. The molecule has 0 aliphatic rings. The highest BCUT2D eigenvalue weighted by molar-refractivity contribution is 6.11. The third-order valence-electron chi connectivity index (χ3n) is 5.26. The van der Waals surface area contributed by atoms with E-state index in [2.05, 4.69) is 25.7 Å². The number of fused-ring (bicyclic) bond motifs is 2. The summed E-state index contributed by atoms with van der Waals surface area (Å²) in [6.07, 6.45) is 0.908. The normalized spacial score (nSPS) is 12.0. The van der Waals surface area contributed by atoms with E-state index in [9.17, 15) is 14.4 Å². The first-order valence-electron chi connectivity index (χ1n) is 11.3. The molecule has 0 radical (unpaired) electrons. The second-order valence-electron chi connectivity index (χ2n) is 10.6. The summed E-state index contributed by atoms with van der Waals surface area (Å²) >= 11 is 0. The summed E-state index contributed by atoms with van der Waals surface area (Å²) in [6.45, 7) is 9.45. The number of carboxylic acids is 1. The number of aryl methyl sites for hydroxylation is 1. The molecule has 192 valence electrons. The number of hydrogen-bond acceptors (Lipinski definition) is 8. The Morgan fingerprint density at radius 3 is 2.20 bits per heavy atom. The van der Waals surface area contributed by atoms with Gasteiger partial charge in [0, 0.05) is 30.0 Å². The summed E-state index contributed by atoms with van der Waals surface area (Å²) in [5.41, 5.74) is 6.64. The Kier molecular flexibility index (Phi) is 8.01. The lowest BCUT2D eigenvalue weighted by Gasteiger charge is -2.24. The van der Waals surface area contributed by atoms with Gasteiger partial charge in [0.05, 0.1) is 49.7 Å². The van der Waals surface area contributed by atoms with Gasteiger partial charge in [-0.15, -0.1) is 0 Å². The third-order valence-corrected chi connectivity index (χ3v) is 5.26. The highest BCUT2D eigenvalue weighted by Crippen LogP contribution is 2.40. The molecule has 1 heterocycles. The Labute approximate surface area is 204 Å². The summed E-state index contributed by atoms with van der Waals surface area (Å²) < 4.78 is 14.0. The molecule has 2 N–H and O–H groups in total. The van der Waals surface area contributed by atoms with Crippen LogP contribution in [0.3, 0.4) is 0 Å². The van der Waals surface area contributed by atoms with Crippen molar-refractivity contribution in [3.63, 3.8) is 0 Å². The van der Waals surface area contributed by atoms with Crippen molar-refractivity contribution in [1.82, 2.24) is 4.57 Å². The number of nitrogen functional groups attached to an aromatic ring is 1. The van der Waals surface area contributed by atoms with Crippen molar-refractivity contribution in [3.8, 4) is 5.75 Å². The molecule has 0 unspecified atom stereocenters. The molecule has 3 rings (SSSR count). The Morgan fingerprint density at radius 1 is 1.11 bits per heavy atom. The highest BCUT2D eigenvalue weighted by Gasteiger charge is 2.27. The summed E-state index contributed by atoms with van der Waals surface area (Å²) in [7, 11) is 6.39. The smallest absolute Gasteiger partial charge is 0.344 e. The molecule has 3 aromatic rings. The minimum atomic E-state index is -1.08. The average molecular weight is 490 g/mol. The maximum atomic E-state index is 12.3. The van der Waals surface area contributed by atoms with Crippen LogP contribution in [0.25, 0.3) is 21.7 Å². The van der Waals surface area contributed by atoms with E-state index >= 15 is 0 Å². The van der Waals surface area contributed by atoms with Crippen molar-refractivity contribution >= 4 is 39.3 Å². The number of carboxylic acid groups (broad SMARTS) is 1. The third kappa shape index (κ3) is 6.60. The summed E-state index contributed by atoms with van der Waals surface area (Å²) in [5, 5.41) is 9.95. The van der Waals surface area contributed by atoms with Crippen molar-refractivity contribution in [1.29, 1.82) is 0 Å². The van der Waals surface area contributed by atoms with Gasteiger partial charge in [0.25, 0.3) is 0 Å². The van der Waals surface area contributed by atoms with Gasteiger partial charge in [-0.1, -0.05) is 0 Å². The van der Waals surface area contributed by atoms with E-state index < -0.39 is 28.4 Å². The lowest BCUT2D eigenvalue weighted by molar-refractivity contribution is -0.870. The summed E-state index contributed by atoms with van der Waals surface area (Å²) in [5.74, 6) is -1.46. The monoisotopic (exact) mass is 489 g/mol. The molecule has 10 heteroatoms. The van der Waals surface area contributed by atoms with Gasteiger partial charge in [0.2, 0.25) is 10.9 Å². The first-order chi connectivity index (χ1) is 15.9. The maximum absolute atomic E-state index is 12.3. The topological polar surface area (TPSA) is 141 Å². The van der Waals surface area contributed by atoms with Gasteiger partial charge in [-0.2, -0.15) is 0 Å². The number of rotatable bonds is 7. The van der Waals surface area contributed by atoms with Gasteiger partial charge in [-0.25, -0.2) is 4.79 Å². The van der Waals surface area contributed by atoms with Gasteiger partial charge < -0.3 is 34.2 Å². The number of hydrogen-bond donors (Lipinski definition) is 1. The molecule has 0 amide bonds. The van der Waals surface area contributed by atoms with Gasteiger partial charge in [-0.3, -0.25) is 9.59 Å². The molecular formula is C25H35N3O7. The van der Waals surface area contributed by atoms with Crippen LogP contribution in [0.15, 0.2) is 15.7 Å². The van der Waals surface area contributed by atoms with E-state index in [4.69, 9.17) is 25.1 Å². The minimum absolute atomic E-state index is 0.189. The van der Waals surface area contributed by atoms with E-state index in [-0.39, 0.29) is 17.7 Å². The standard InChI is InChI=1S/C23H32N3O5.C2H4O2/c1-13-19(24)18-15(25(13)9-8-10-26(5,6)7)11-14-17(21(29)20(14)28)22(18)30-12-16(27)31-23(2,3)4;1-2(3)4/h11H,8-10,12,24H2,1-7H3;1H3,(H,3,4)/q+1;/p-1. The number of benzene rings is 1. The SMILES string of the molecule is CC(=O)[O-].Cc1c(N)c2c(OCC(=O)OC(C)(C)C)c3c(=O)c(=O)c3cc2n1CCC[N+](C)(C)C. The number of aliphatic carboxylic acids is 1. The Balaban J connectivity index is 0.00000100. The summed E-state index contributed by atoms with van der Waals surface area (Å²) in [4.78, 5) is 45.5. The first kappa shape index (κ1) is 27.8. The fourth-order valence-corrected chi connectivity index (χ4v) is 3.84. The van der Waals surface area contributed by atoms with Gasteiger partial charge in [0.1, 0.15) is 11.4 Å². The van der Waals surface area contributed by atoms with Gasteiger partial charge in [-0.05, 0) is 40.7 Å². The molecule has 0 aliphatic carbocycles. The Bertz CT molecular complexity index is 1330. The van der Waals surface area contributed by atoms with E-state index in [1.807, 2.05) is 6.92 Å². The summed E-state index contributed by atoms with van der Waals surface area (Å²) in [6, 6.07) is 1.71. The molecule has 0 atom stereocenters. The van der Waals surface area contributed by atoms with Crippen LogP contribution < -0.4 is 26.4 Å². The molecule has 0 fully saturated rings. The van der Waals surface area contributed by atoms with Crippen LogP contribution in [0.1, 0.15) is 39.8 Å². The van der Waals surface area contributed by atoms with Crippen LogP contribution in [-0.2, 0) is 20.9 Å². The highest BCUT2D eigenvalue weighted by atomic mass is 16.6. The van der Waals surface area contributed by atoms with Crippen molar-refractivity contribution in [3.05, 3.63) is 32.2 Å². The molecule has 1 aromatic heterocycles. The fraction of sp³-hybridized carbons (Fsp3) is 0.520. The molecule has 0 bridgehead atoms. The Hall–Kier alpha value is -3.40. The van der Waals surface area contributed by atoms with Crippen LogP contribution in [0, 0.1) is 6.92 Å². The molecule has 0 spiro atoms. The lowest BCUT2D eigenvalue weighted by atomic mass is 10.0. The van der Waals surface area contributed by atoms with Crippen LogP contribution in [0.4, 0.5) is 5.69 Å². The zero-order valence-electron chi connectivity index (χ0n) is 21.7.